The van der Waals surface area contributed by atoms with Gasteiger partial charge in [0.05, 0.1) is 0 Å². The van der Waals surface area contributed by atoms with Gasteiger partial charge in [-0.1, -0.05) is 19.3 Å². The van der Waals surface area contributed by atoms with Gasteiger partial charge in [0.1, 0.15) is 17.2 Å². The smallest absolute Gasteiger partial charge is 0.257 e. The molecule has 8 heteroatoms. The minimum absolute atomic E-state index is 0.0394. The first kappa shape index (κ1) is 23.0. The van der Waals surface area contributed by atoms with E-state index in [1.807, 2.05) is 13.8 Å². The van der Waals surface area contributed by atoms with Crippen LogP contribution < -0.4 is 21.4 Å². The lowest BCUT2D eigenvalue weighted by molar-refractivity contribution is -0.122. The second-order valence-electron chi connectivity index (χ2n) is 8.98. The summed E-state index contributed by atoms with van der Waals surface area (Å²) in [6.07, 6.45) is 10.9. The number of carbonyl (C=O) groups is 3. The largest absolute Gasteiger partial charge is 0.354 e. The van der Waals surface area contributed by atoms with Gasteiger partial charge in [-0.3, -0.25) is 19.2 Å². The summed E-state index contributed by atoms with van der Waals surface area (Å²) in [5.74, 6) is -0.878. The van der Waals surface area contributed by atoms with Crippen LogP contribution in [-0.4, -0.2) is 41.4 Å². The summed E-state index contributed by atoms with van der Waals surface area (Å²) in [5, 5.41) is 8.35. The van der Waals surface area contributed by atoms with Crippen molar-refractivity contribution in [2.24, 2.45) is 5.92 Å². The fourth-order valence-electron chi connectivity index (χ4n) is 4.26. The van der Waals surface area contributed by atoms with Crippen LogP contribution in [0.4, 0.5) is 0 Å². The fraction of sp³-hybridized carbons (Fsp3) is 0.652. The molecule has 2 fully saturated rings. The van der Waals surface area contributed by atoms with Crippen molar-refractivity contribution in [1.82, 2.24) is 20.5 Å². The van der Waals surface area contributed by atoms with Crippen LogP contribution >= 0.6 is 0 Å². The maximum Gasteiger partial charge on any atom is 0.257 e. The standard InChI is InChI=1S/C23H34N4O4/c1-15(2)27-13-17(21(29)25-12-16-8-4-3-5-9-16)20(28)18(14-27)22(30)26-19-10-6-7-11-24-23(19)31/h13-16,19H,3-12H2,1-2H3,(H,24,31)(H,25,29)(H,26,30)/t19-/m0/s1. The number of pyridine rings is 1. The lowest BCUT2D eigenvalue weighted by Crippen LogP contribution is -2.47. The van der Waals surface area contributed by atoms with Gasteiger partial charge in [0.2, 0.25) is 11.3 Å². The zero-order chi connectivity index (χ0) is 22.4. The van der Waals surface area contributed by atoms with Crippen LogP contribution in [0.1, 0.15) is 92.0 Å². The highest BCUT2D eigenvalue weighted by molar-refractivity contribution is 6.00. The zero-order valence-corrected chi connectivity index (χ0v) is 18.5. The summed E-state index contributed by atoms with van der Waals surface area (Å²) in [4.78, 5) is 50.9. The van der Waals surface area contributed by atoms with Crippen LogP contribution in [0.2, 0.25) is 0 Å². The Hall–Kier alpha value is -2.64. The highest BCUT2D eigenvalue weighted by atomic mass is 16.2. The average Bonchev–Trinajstić information content (AvgIpc) is 2.96. The van der Waals surface area contributed by atoms with Crippen LogP contribution in [0.3, 0.4) is 0 Å². The van der Waals surface area contributed by atoms with Crippen molar-refractivity contribution in [3.63, 3.8) is 0 Å². The molecule has 1 saturated carbocycles. The van der Waals surface area contributed by atoms with Gasteiger partial charge in [-0.25, -0.2) is 0 Å². The van der Waals surface area contributed by atoms with Crippen molar-refractivity contribution in [2.75, 3.05) is 13.1 Å². The van der Waals surface area contributed by atoms with Crippen molar-refractivity contribution >= 4 is 17.7 Å². The average molecular weight is 431 g/mol. The lowest BCUT2D eigenvalue weighted by Gasteiger charge is -2.22. The molecule has 8 nitrogen and oxygen atoms in total. The molecule has 3 rings (SSSR count). The predicted octanol–water partition coefficient (Wildman–Crippen LogP) is 2.14. The molecule has 0 aromatic carbocycles. The first-order valence-electron chi connectivity index (χ1n) is 11.5. The van der Waals surface area contributed by atoms with E-state index in [0.717, 1.165) is 25.7 Å². The molecule has 1 aliphatic heterocycles. The molecule has 0 unspecified atom stereocenters. The van der Waals surface area contributed by atoms with Gasteiger partial charge < -0.3 is 20.5 Å². The molecule has 170 valence electrons. The van der Waals surface area contributed by atoms with Gasteiger partial charge in [-0.05, 0) is 51.9 Å². The van der Waals surface area contributed by atoms with Gasteiger partial charge in [-0.2, -0.15) is 0 Å². The van der Waals surface area contributed by atoms with Crippen molar-refractivity contribution in [3.8, 4) is 0 Å². The summed E-state index contributed by atoms with van der Waals surface area (Å²) in [7, 11) is 0. The summed E-state index contributed by atoms with van der Waals surface area (Å²) in [6, 6.07) is -0.719. The third kappa shape index (κ3) is 5.95. The van der Waals surface area contributed by atoms with E-state index in [1.165, 1.54) is 31.7 Å². The SMILES string of the molecule is CC(C)n1cc(C(=O)NCC2CCCCC2)c(=O)c(C(=O)N[C@H]2CCCCNC2=O)c1. The van der Waals surface area contributed by atoms with Crippen LogP contribution in [0.15, 0.2) is 17.2 Å². The van der Waals surface area contributed by atoms with E-state index in [4.69, 9.17) is 0 Å². The minimum Gasteiger partial charge on any atom is -0.354 e. The topological polar surface area (TPSA) is 109 Å². The van der Waals surface area contributed by atoms with Crippen molar-refractivity contribution in [2.45, 2.75) is 77.3 Å². The van der Waals surface area contributed by atoms with E-state index in [-0.39, 0.29) is 23.1 Å². The number of nitrogens with zero attached hydrogens (tertiary/aromatic N) is 1. The van der Waals surface area contributed by atoms with Gasteiger partial charge in [0, 0.05) is 31.5 Å². The number of nitrogens with one attached hydrogen (secondary N) is 3. The highest BCUT2D eigenvalue weighted by Crippen LogP contribution is 2.22. The molecule has 2 heterocycles. The Kier molecular flexibility index (Phi) is 7.87. The number of carbonyl (C=O) groups excluding carboxylic acids is 3. The van der Waals surface area contributed by atoms with Crippen LogP contribution in [-0.2, 0) is 4.79 Å². The molecular formula is C23H34N4O4. The maximum absolute atomic E-state index is 13.0. The summed E-state index contributed by atoms with van der Waals surface area (Å²) in [6.45, 7) is 4.95. The molecule has 1 aliphatic carbocycles. The lowest BCUT2D eigenvalue weighted by atomic mass is 9.89. The van der Waals surface area contributed by atoms with E-state index in [1.54, 1.807) is 4.57 Å². The Bertz CT molecular complexity index is 871. The van der Waals surface area contributed by atoms with E-state index in [9.17, 15) is 19.2 Å². The van der Waals surface area contributed by atoms with Crippen molar-refractivity contribution in [3.05, 3.63) is 33.7 Å². The minimum atomic E-state index is -0.675. The third-order valence-electron chi connectivity index (χ3n) is 6.25. The summed E-state index contributed by atoms with van der Waals surface area (Å²) in [5.41, 5.74) is -0.761. The number of hydrogen-bond donors (Lipinski definition) is 3. The second kappa shape index (κ2) is 10.6. The van der Waals surface area contributed by atoms with E-state index in [2.05, 4.69) is 16.0 Å². The summed E-state index contributed by atoms with van der Waals surface area (Å²) >= 11 is 0. The van der Waals surface area contributed by atoms with Gasteiger partial charge in [0.15, 0.2) is 0 Å². The Balaban J connectivity index is 1.80. The Morgan fingerprint density at radius 1 is 1.00 bits per heavy atom. The molecule has 31 heavy (non-hydrogen) atoms. The Labute approximate surface area is 183 Å². The molecule has 1 aromatic rings. The zero-order valence-electron chi connectivity index (χ0n) is 18.5. The summed E-state index contributed by atoms with van der Waals surface area (Å²) < 4.78 is 1.69. The quantitative estimate of drug-likeness (QED) is 0.642. The molecular weight excluding hydrogens is 396 g/mol. The Morgan fingerprint density at radius 2 is 1.65 bits per heavy atom. The number of aromatic nitrogens is 1. The maximum atomic E-state index is 13.0. The molecule has 2 aliphatic rings. The number of amides is 3. The third-order valence-corrected chi connectivity index (χ3v) is 6.25. The van der Waals surface area contributed by atoms with Crippen LogP contribution in [0, 0.1) is 5.92 Å². The van der Waals surface area contributed by atoms with E-state index >= 15 is 0 Å². The molecule has 3 amide bonds. The van der Waals surface area contributed by atoms with E-state index < -0.39 is 23.3 Å². The van der Waals surface area contributed by atoms with E-state index in [0.29, 0.717) is 25.4 Å². The van der Waals surface area contributed by atoms with Crippen molar-refractivity contribution in [1.29, 1.82) is 0 Å². The van der Waals surface area contributed by atoms with Crippen molar-refractivity contribution < 1.29 is 14.4 Å². The van der Waals surface area contributed by atoms with Gasteiger partial charge in [0.25, 0.3) is 11.8 Å². The highest BCUT2D eigenvalue weighted by Gasteiger charge is 2.26. The van der Waals surface area contributed by atoms with Gasteiger partial charge in [-0.15, -0.1) is 0 Å². The second-order valence-corrected chi connectivity index (χ2v) is 8.98. The molecule has 0 radical (unpaired) electrons. The molecule has 1 saturated heterocycles. The molecule has 1 atom stereocenters. The van der Waals surface area contributed by atoms with Gasteiger partial charge >= 0.3 is 0 Å². The predicted molar refractivity (Wildman–Crippen MR) is 118 cm³/mol. The van der Waals surface area contributed by atoms with Crippen LogP contribution in [0.5, 0.6) is 0 Å². The normalized spacial score (nSPS) is 20.1. The first-order chi connectivity index (χ1) is 14.9. The Morgan fingerprint density at radius 3 is 2.32 bits per heavy atom. The molecule has 3 N–H and O–H groups in total. The number of hydrogen-bond acceptors (Lipinski definition) is 4. The molecule has 0 spiro atoms. The number of rotatable bonds is 6. The molecule has 1 aromatic heterocycles. The fourth-order valence-corrected chi connectivity index (χ4v) is 4.26. The van der Waals surface area contributed by atoms with Crippen LogP contribution in [0.25, 0.3) is 0 Å². The first-order valence-corrected chi connectivity index (χ1v) is 11.5. The molecule has 0 bridgehead atoms. The monoisotopic (exact) mass is 430 g/mol.